The fourth-order valence-electron chi connectivity index (χ4n) is 1.84. The Morgan fingerprint density at radius 2 is 1.67 bits per heavy atom. The van der Waals surface area contributed by atoms with Gasteiger partial charge in [0.2, 0.25) is 10.0 Å². The Balaban J connectivity index is 3.09. The molecule has 21 heavy (non-hydrogen) atoms. The van der Waals surface area contributed by atoms with Crippen LogP contribution in [0, 0.1) is 5.41 Å². The highest BCUT2D eigenvalue weighted by atomic mass is 79.9. The molecule has 0 aromatic heterocycles. The van der Waals surface area contributed by atoms with Gasteiger partial charge in [0.05, 0.1) is 10.0 Å². The molecule has 0 unspecified atom stereocenters. The smallest absolute Gasteiger partial charge is 0.210 e. The van der Waals surface area contributed by atoms with Gasteiger partial charge in [0.15, 0.2) is 0 Å². The molecule has 0 fully saturated rings. The van der Waals surface area contributed by atoms with Crippen molar-refractivity contribution in [3.63, 3.8) is 0 Å². The van der Waals surface area contributed by atoms with Crippen LogP contribution in [0.15, 0.2) is 21.5 Å². The van der Waals surface area contributed by atoms with Crippen molar-refractivity contribution in [1.29, 1.82) is 0 Å². The van der Waals surface area contributed by atoms with Crippen LogP contribution in [0.3, 0.4) is 0 Å². The molecule has 8 heteroatoms. The van der Waals surface area contributed by atoms with Crippen molar-refractivity contribution >= 4 is 60.8 Å². The number of alkyl halides is 1. The molecular formula is C13H17BrCl3NO2S. The Hall–Kier alpha value is 0.480. The summed E-state index contributed by atoms with van der Waals surface area (Å²) in [6.07, 6.45) is 1.55. The van der Waals surface area contributed by atoms with Crippen LogP contribution in [0.25, 0.3) is 0 Å². The van der Waals surface area contributed by atoms with Crippen LogP contribution in [0.1, 0.15) is 26.7 Å². The maximum absolute atomic E-state index is 12.4. The predicted octanol–water partition coefficient (Wildman–Crippen LogP) is 5.08. The number of sulfonamides is 1. The van der Waals surface area contributed by atoms with E-state index in [1.807, 2.05) is 13.8 Å². The Bertz CT molecular complexity index is 572. The molecule has 0 amide bonds. The molecule has 1 aromatic rings. The molecule has 3 nitrogen and oxygen atoms in total. The summed E-state index contributed by atoms with van der Waals surface area (Å²) in [7, 11) is -3.80. The third-order valence-corrected chi connectivity index (χ3v) is 7.00. The fourth-order valence-corrected chi connectivity index (χ4v) is 5.40. The largest absolute Gasteiger partial charge is 0.243 e. The van der Waals surface area contributed by atoms with Gasteiger partial charge < -0.3 is 0 Å². The van der Waals surface area contributed by atoms with Crippen LogP contribution in [0.5, 0.6) is 0 Å². The summed E-state index contributed by atoms with van der Waals surface area (Å²) in [4.78, 5) is -0.107. The molecule has 0 aliphatic carbocycles. The fraction of sp³-hybridized carbons (Fsp3) is 0.538. The van der Waals surface area contributed by atoms with Crippen LogP contribution < -0.4 is 4.72 Å². The zero-order valence-electron chi connectivity index (χ0n) is 11.7. The van der Waals surface area contributed by atoms with Gasteiger partial charge in [-0.3, -0.25) is 0 Å². The summed E-state index contributed by atoms with van der Waals surface area (Å²) in [5, 5.41) is 0.151. The average molecular weight is 438 g/mol. The van der Waals surface area contributed by atoms with Crippen LogP contribution >= 0.6 is 50.7 Å². The van der Waals surface area contributed by atoms with Crippen molar-refractivity contribution < 1.29 is 8.42 Å². The Morgan fingerprint density at radius 1 is 1.19 bits per heavy atom. The van der Waals surface area contributed by atoms with Gasteiger partial charge in [-0.15, -0.1) is 11.6 Å². The maximum atomic E-state index is 12.4. The van der Waals surface area contributed by atoms with Gasteiger partial charge in [-0.25, -0.2) is 13.1 Å². The molecule has 0 saturated carbocycles. The number of nitrogens with one attached hydrogen (secondary N) is 1. The molecule has 0 radical (unpaired) electrons. The van der Waals surface area contributed by atoms with Gasteiger partial charge >= 0.3 is 0 Å². The van der Waals surface area contributed by atoms with E-state index in [1.165, 1.54) is 12.1 Å². The summed E-state index contributed by atoms with van der Waals surface area (Å²) < 4.78 is 28.1. The molecule has 120 valence electrons. The Labute approximate surface area is 149 Å². The minimum Gasteiger partial charge on any atom is -0.210 e. The lowest BCUT2D eigenvalue weighted by Gasteiger charge is -2.29. The van der Waals surface area contributed by atoms with Crippen molar-refractivity contribution in [2.24, 2.45) is 5.41 Å². The van der Waals surface area contributed by atoms with Crippen LogP contribution in [0.4, 0.5) is 0 Å². The van der Waals surface area contributed by atoms with E-state index in [2.05, 4.69) is 20.7 Å². The summed E-state index contributed by atoms with van der Waals surface area (Å²) in [5.41, 5.74) is -0.275. The lowest BCUT2D eigenvalue weighted by atomic mass is 9.85. The SMILES string of the molecule is CCC(CC)(CCl)CNS(=O)(=O)c1c(Cl)cc(Br)cc1Cl. The molecule has 0 aliphatic rings. The third-order valence-electron chi connectivity index (χ3n) is 3.65. The molecule has 0 heterocycles. The zero-order chi connectivity index (χ0) is 16.3. The van der Waals surface area contributed by atoms with E-state index in [-0.39, 0.29) is 26.9 Å². The summed E-state index contributed by atoms with van der Waals surface area (Å²) in [5.74, 6) is 0.379. The van der Waals surface area contributed by atoms with Crippen LogP contribution in [0.2, 0.25) is 10.0 Å². The first kappa shape index (κ1) is 19.5. The van der Waals surface area contributed by atoms with Crippen molar-refractivity contribution in [2.75, 3.05) is 12.4 Å². The molecule has 1 rings (SSSR count). The van der Waals surface area contributed by atoms with Gasteiger partial charge in [-0.1, -0.05) is 53.0 Å². The van der Waals surface area contributed by atoms with E-state index < -0.39 is 10.0 Å². The van der Waals surface area contributed by atoms with E-state index in [0.717, 1.165) is 12.8 Å². The zero-order valence-corrected chi connectivity index (χ0v) is 16.4. The number of benzene rings is 1. The summed E-state index contributed by atoms with van der Waals surface area (Å²) in [6.45, 7) is 4.22. The second-order valence-electron chi connectivity index (χ2n) is 4.86. The lowest BCUT2D eigenvalue weighted by Crippen LogP contribution is -2.38. The molecule has 0 atom stereocenters. The molecule has 0 aliphatic heterocycles. The molecule has 0 bridgehead atoms. The highest BCUT2D eigenvalue weighted by Gasteiger charge is 2.29. The number of hydrogen-bond donors (Lipinski definition) is 1. The Morgan fingerprint density at radius 3 is 2.05 bits per heavy atom. The third kappa shape index (κ3) is 4.72. The minimum absolute atomic E-state index is 0.0753. The quantitative estimate of drug-likeness (QED) is 0.605. The number of halogens is 4. The van der Waals surface area contributed by atoms with Gasteiger partial charge in [0.1, 0.15) is 4.90 Å². The topological polar surface area (TPSA) is 46.2 Å². The van der Waals surface area contributed by atoms with E-state index in [9.17, 15) is 8.42 Å². The molecule has 0 saturated heterocycles. The van der Waals surface area contributed by atoms with Crippen molar-refractivity contribution in [2.45, 2.75) is 31.6 Å². The van der Waals surface area contributed by atoms with Gasteiger partial charge in [0, 0.05) is 16.9 Å². The van der Waals surface area contributed by atoms with Gasteiger partial charge in [-0.2, -0.15) is 0 Å². The lowest BCUT2D eigenvalue weighted by molar-refractivity contribution is 0.304. The normalized spacial score (nSPS) is 12.7. The highest BCUT2D eigenvalue weighted by Crippen LogP contribution is 2.34. The predicted molar refractivity (Wildman–Crippen MR) is 93.1 cm³/mol. The second-order valence-corrected chi connectivity index (χ2v) is 8.56. The first-order chi connectivity index (χ1) is 9.71. The van der Waals surface area contributed by atoms with Crippen molar-refractivity contribution in [3.05, 3.63) is 26.7 Å². The first-order valence-electron chi connectivity index (χ1n) is 6.41. The minimum atomic E-state index is -3.80. The summed E-state index contributed by atoms with van der Waals surface area (Å²) in [6, 6.07) is 2.99. The first-order valence-corrected chi connectivity index (χ1v) is 9.98. The van der Waals surface area contributed by atoms with E-state index in [4.69, 9.17) is 34.8 Å². The standard InChI is InChI=1S/C13H17BrCl3NO2S/c1-3-13(4-2,7-15)8-18-21(19,20)12-10(16)5-9(14)6-11(12)17/h5-6,18H,3-4,7-8H2,1-2H3. The Kier molecular flexibility index (Phi) is 7.29. The van der Waals surface area contributed by atoms with E-state index in [0.29, 0.717) is 10.4 Å². The van der Waals surface area contributed by atoms with E-state index >= 15 is 0 Å². The van der Waals surface area contributed by atoms with E-state index in [1.54, 1.807) is 0 Å². The molecule has 0 spiro atoms. The number of rotatable bonds is 7. The average Bonchev–Trinajstić information content (AvgIpc) is 2.39. The van der Waals surface area contributed by atoms with Crippen molar-refractivity contribution in [3.8, 4) is 0 Å². The molecule has 1 N–H and O–H groups in total. The van der Waals surface area contributed by atoms with Crippen LogP contribution in [-0.4, -0.2) is 20.8 Å². The van der Waals surface area contributed by atoms with Crippen LogP contribution in [-0.2, 0) is 10.0 Å². The summed E-state index contributed by atoms with van der Waals surface area (Å²) >= 11 is 21.2. The molecule has 1 aromatic carbocycles. The molecular weight excluding hydrogens is 420 g/mol. The van der Waals surface area contributed by atoms with Gasteiger partial charge in [0.25, 0.3) is 0 Å². The van der Waals surface area contributed by atoms with Gasteiger partial charge in [-0.05, 0) is 30.4 Å². The maximum Gasteiger partial charge on any atom is 0.243 e. The second kappa shape index (κ2) is 7.84. The monoisotopic (exact) mass is 435 g/mol. The highest BCUT2D eigenvalue weighted by molar-refractivity contribution is 9.10. The number of hydrogen-bond acceptors (Lipinski definition) is 2. The van der Waals surface area contributed by atoms with Crippen molar-refractivity contribution in [1.82, 2.24) is 4.72 Å².